The van der Waals surface area contributed by atoms with Crippen molar-refractivity contribution in [2.45, 2.75) is 24.0 Å². The molecule has 0 aromatic heterocycles. The first-order valence-corrected chi connectivity index (χ1v) is 7.58. The molecule has 1 aromatic rings. The molecule has 3 nitrogen and oxygen atoms in total. The Morgan fingerprint density at radius 1 is 1.40 bits per heavy atom. The van der Waals surface area contributed by atoms with Crippen LogP contribution in [0.3, 0.4) is 0 Å². The van der Waals surface area contributed by atoms with Crippen LogP contribution in [0.5, 0.6) is 0 Å². The molecule has 1 N–H and O–H groups in total. The van der Waals surface area contributed by atoms with Gasteiger partial charge in [-0.15, -0.1) is 11.8 Å². The highest BCUT2D eigenvalue weighted by molar-refractivity contribution is 8.01. The number of thioether (sulfide) groups is 1. The molecule has 110 valence electrons. The van der Waals surface area contributed by atoms with Gasteiger partial charge < -0.3 is 10.2 Å². The van der Waals surface area contributed by atoms with Gasteiger partial charge in [0.15, 0.2) is 0 Å². The number of nitrogens with one attached hydrogen (secondary N) is 1. The summed E-state index contributed by atoms with van der Waals surface area (Å²) in [6.45, 7) is 3.09. The third-order valence-electron chi connectivity index (χ3n) is 3.34. The molecule has 2 rings (SSSR count). The van der Waals surface area contributed by atoms with E-state index in [0.717, 1.165) is 6.07 Å². The fraction of sp³-hybridized carbons (Fsp3) is 0.500. The zero-order chi connectivity index (χ0) is 14.7. The van der Waals surface area contributed by atoms with Crippen LogP contribution < -0.4 is 5.32 Å². The van der Waals surface area contributed by atoms with Gasteiger partial charge in [-0.25, -0.2) is 8.78 Å². The lowest BCUT2D eigenvalue weighted by Gasteiger charge is -2.24. The lowest BCUT2D eigenvalue weighted by Crippen LogP contribution is -2.36. The highest BCUT2D eigenvalue weighted by atomic mass is 32.2. The van der Waals surface area contributed by atoms with E-state index in [-0.39, 0.29) is 16.5 Å². The van der Waals surface area contributed by atoms with Crippen molar-refractivity contribution in [2.24, 2.45) is 0 Å². The maximum atomic E-state index is 13.9. The summed E-state index contributed by atoms with van der Waals surface area (Å²) in [7, 11) is 1.80. The van der Waals surface area contributed by atoms with Crippen LogP contribution in [0.1, 0.15) is 24.3 Å². The molecule has 0 bridgehead atoms. The van der Waals surface area contributed by atoms with E-state index in [1.54, 1.807) is 11.9 Å². The van der Waals surface area contributed by atoms with Crippen LogP contribution in [0.15, 0.2) is 18.2 Å². The van der Waals surface area contributed by atoms with Crippen LogP contribution in [0.2, 0.25) is 0 Å². The number of halogens is 2. The van der Waals surface area contributed by atoms with Gasteiger partial charge in [0.05, 0.1) is 5.25 Å². The highest BCUT2D eigenvalue weighted by Crippen LogP contribution is 2.44. The Morgan fingerprint density at radius 2 is 2.15 bits per heavy atom. The highest BCUT2D eigenvalue weighted by Gasteiger charge is 2.40. The lowest BCUT2D eigenvalue weighted by atomic mass is 10.1. The molecule has 0 radical (unpaired) electrons. The Kier molecular flexibility index (Phi) is 4.99. The van der Waals surface area contributed by atoms with Gasteiger partial charge in [0, 0.05) is 24.7 Å². The van der Waals surface area contributed by atoms with Crippen LogP contribution >= 0.6 is 11.8 Å². The van der Waals surface area contributed by atoms with Crippen molar-refractivity contribution >= 4 is 17.7 Å². The predicted octanol–water partition coefficient (Wildman–Crippen LogP) is 2.54. The molecule has 1 aromatic carbocycles. The van der Waals surface area contributed by atoms with Gasteiger partial charge in [-0.05, 0) is 19.5 Å². The van der Waals surface area contributed by atoms with Crippen molar-refractivity contribution in [3.8, 4) is 0 Å². The van der Waals surface area contributed by atoms with Crippen molar-refractivity contribution in [1.29, 1.82) is 0 Å². The van der Waals surface area contributed by atoms with E-state index < -0.39 is 11.6 Å². The first kappa shape index (κ1) is 15.3. The van der Waals surface area contributed by atoms with Crippen molar-refractivity contribution < 1.29 is 13.6 Å². The molecule has 2 atom stereocenters. The average Bonchev–Trinajstić information content (AvgIpc) is 2.73. The maximum absolute atomic E-state index is 13.9. The Bertz CT molecular complexity index is 498. The predicted molar refractivity (Wildman–Crippen MR) is 76.4 cm³/mol. The van der Waals surface area contributed by atoms with Crippen LogP contribution in [-0.4, -0.2) is 36.2 Å². The SMILES string of the molecule is CCC1SC(c2ccc(F)cc2F)N(CCNC)C1=O. The molecule has 0 aliphatic carbocycles. The minimum absolute atomic E-state index is 0.0291. The number of carbonyl (C=O) groups is 1. The molecular weight excluding hydrogens is 282 g/mol. The molecule has 1 saturated heterocycles. The van der Waals surface area contributed by atoms with Gasteiger partial charge in [0.1, 0.15) is 17.0 Å². The summed E-state index contributed by atoms with van der Waals surface area (Å²) in [4.78, 5) is 14.0. The number of benzene rings is 1. The summed E-state index contributed by atoms with van der Waals surface area (Å²) in [6, 6.07) is 3.54. The monoisotopic (exact) mass is 300 g/mol. The molecule has 1 amide bonds. The van der Waals surface area contributed by atoms with Crippen LogP contribution in [0, 0.1) is 11.6 Å². The van der Waals surface area contributed by atoms with Gasteiger partial charge in [-0.1, -0.05) is 13.0 Å². The first-order chi connectivity index (χ1) is 9.58. The summed E-state index contributed by atoms with van der Waals surface area (Å²) in [5.41, 5.74) is 0.372. The zero-order valence-electron chi connectivity index (χ0n) is 11.5. The Balaban J connectivity index is 2.29. The molecule has 1 fully saturated rings. The number of hydrogen-bond donors (Lipinski definition) is 1. The number of likely N-dealkylation sites (N-methyl/N-ethyl adjacent to an activating group) is 1. The number of rotatable bonds is 5. The lowest BCUT2D eigenvalue weighted by molar-refractivity contribution is -0.130. The van der Waals surface area contributed by atoms with E-state index >= 15 is 0 Å². The fourth-order valence-electron chi connectivity index (χ4n) is 2.26. The summed E-state index contributed by atoms with van der Waals surface area (Å²) >= 11 is 1.44. The molecule has 1 aliphatic rings. The van der Waals surface area contributed by atoms with Gasteiger partial charge in [0.2, 0.25) is 5.91 Å². The zero-order valence-corrected chi connectivity index (χ0v) is 12.3. The second-order valence-electron chi connectivity index (χ2n) is 4.69. The van der Waals surface area contributed by atoms with E-state index in [9.17, 15) is 13.6 Å². The van der Waals surface area contributed by atoms with Crippen LogP contribution in [-0.2, 0) is 4.79 Å². The van der Waals surface area contributed by atoms with E-state index in [0.29, 0.717) is 25.1 Å². The third kappa shape index (κ3) is 2.96. The summed E-state index contributed by atoms with van der Waals surface area (Å²) in [6.07, 6.45) is 0.707. The first-order valence-electron chi connectivity index (χ1n) is 6.64. The standard InChI is InChI=1S/C14H18F2N2OS/c1-3-12-13(19)18(7-6-17-2)14(20-12)10-5-4-9(15)8-11(10)16/h4-5,8,12,14,17H,3,6-7H2,1-2H3. The van der Waals surface area contributed by atoms with Gasteiger partial charge in [0.25, 0.3) is 0 Å². The second-order valence-corrected chi connectivity index (χ2v) is 5.97. The summed E-state index contributed by atoms with van der Waals surface area (Å²) in [5, 5.41) is 2.46. The average molecular weight is 300 g/mol. The minimum Gasteiger partial charge on any atom is -0.324 e. The Hall–Kier alpha value is -1.14. The molecule has 20 heavy (non-hydrogen) atoms. The molecule has 2 unspecified atom stereocenters. The van der Waals surface area contributed by atoms with Crippen molar-refractivity contribution in [3.05, 3.63) is 35.4 Å². The number of amides is 1. The normalized spacial score (nSPS) is 22.6. The molecule has 0 saturated carbocycles. The molecule has 0 spiro atoms. The fourth-order valence-corrected chi connectivity index (χ4v) is 3.71. The van der Waals surface area contributed by atoms with E-state index in [1.807, 2.05) is 6.92 Å². The topological polar surface area (TPSA) is 32.3 Å². The van der Waals surface area contributed by atoms with Crippen molar-refractivity contribution in [2.75, 3.05) is 20.1 Å². The van der Waals surface area contributed by atoms with Crippen LogP contribution in [0.4, 0.5) is 8.78 Å². The van der Waals surface area contributed by atoms with Crippen molar-refractivity contribution in [1.82, 2.24) is 10.2 Å². The molecule has 6 heteroatoms. The Morgan fingerprint density at radius 3 is 2.75 bits per heavy atom. The van der Waals surface area contributed by atoms with Gasteiger partial charge in [-0.3, -0.25) is 4.79 Å². The van der Waals surface area contributed by atoms with E-state index in [2.05, 4.69) is 5.32 Å². The Labute approximate surface area is 121 Å². The van der Waals surface area contributed by atoms with E-state index in [1.165, 1.54) is 23.9 Å². The largest absolute Gasteiger partial charge is 0.324 e. The van der Waals surface area contributed by atoms with Gasteiger partial charge >= 0.3 is 0 Å². The number of hydrogen-bond acceptors (Lipinski definition) is 3. The quantitative estimate of drug-likeness (QED) is 0.907. The molecular formula is C14H18F2N2OS. The number of nitrogens with zero attached hydrogens (tertiary/aromatic N) is 1. The maximum Gasteiger partial charge on any atom is 0.236 e. The van der Waals surface area contributed by atoms with Crippen molar-refractivity contribution in [3.63, 3.8) is 0 Å². The smallest absolute Gasteiger partial charge is 0.236 e. The summed E-state index contributed by atoms with van der Waals surface area (Å²) < 4.78 is 27.0. The van der Waals surface area contributed by atoms with Gasteiger partial charge in [-0.2, -0.15) is 0 Å². The second kappa shape index (κ2) is 6.54. The number of carbonyl (C=O) groups excluding carboxylic acids is 1. The van der Waals surface area contributed by atoms with Crippen LogP contribution in [0.25, 0.3) is 0 Å². The molecule has 1 aliphatic heterocycles. The minimum atomic E-state index is -0.602. The molecule has 1 heterocycles. The van der Waals surface area contributed by atoms with E-state index in [4.69, 9.17) is 0 Å². The summed E-state index contributed by atoms with van der Waals surface area (Å²) in [5.74, 6) is -1.17. The third-order valence-corrected chi connectivity index (χ3v) is 4.97.